The maximum Gasteiger partial charge on any atom is 0.191 e. The highest BCUT2D eigenvalue weighted by atomic mass is 35.5. The Balaban J connectivity index is 2.15. The molecule has 0 aliphatic rings. The first kappa shape index (κ1) is 13.9. The number of rotatable bonds is 5. The molecule has 0 radical (unpaired) electrons. The van der Waals surface area contributed by atoms with Gasteiger partial charge in [0.05, 0.1) is 11.1 Å². The van der Waals surface area contributed by atoms with Gasteiger partial charge in [-0.15, -0.1) is 10.2 Å². The zero-order chi connectivity index (χ0) is 13.7. The van der Waals surface area contributed by atoms with E-state index in [2.05, 4.69) is 16.3 Å². The van der Waals surface area contributed by atoms with Gasteiger partial charge in [-0.3, -0.25) is 0 Å². The highest BCUT2D eigenvalue weighted by Crippen LogP contribution is 2.28. The first-order valence-electron chi connectivity index (χ1n) is 5.88. The number of halogens is 1. The van der Waals surface area contributed by atoms with Crippen LogP contribution in [0.1, 0.15) is 12.8 Å². The van der Waals surface area contributed by atoms with Gasteiger partial charge >= 0.3 is 0 Å². The van der Waals surface area contributed by atoms with Crippen LogP contribution in [-0.2, 0) is 7.05 Å². The average molecular weight is 293 g/mol. The first-order chi connectivity index (χ1) is 9.24. The van der Waals surface area contributed by atoms with Gasteiger partial charge in [0.25, 0.3) is 0 Å². The molecule has 0 fully saturated rings. The second kappa shape index (κ2) is 6.60. The quantitative estimate of drug-likeness (QED) is 0.625. The Kier molecular flexibility index (Phi) is 4.83. The minimum Gasteiger partial charge on any atom is -0.305 e. The average Bonchev–Trinajstić information content (AvgIpc) is 2.77. The number of thioether (sulfide) groups is 1. The van der Waals surface area contributed by atoms with Crippen molar-refractivity contribution in [3.8, 4) is 17.5 Å². The van der Waals surface area contributed by atoms with Crippen LogP contribution in [0.2, 0.25) is 5.02 Å². The van der Waals surface area contributed by atoms with Gasteiger partial charge in [0.2, 0.25) is 0 Å². The third-order valence-corrected chi connectivity index (χ3v) is 4.05. The molecule has 0 saturated heterocycles. The van der Waals surface area contributed by atoms with Crippen molar-refractivity contribution in [1.82, 2.24) is 14.8 Å². The van der Waals surface area contributed by atoms with Crippen LogP contribution in [0.25, 0.3) is 11.4 Å². The lowest BCUT2D eigenvalue weighted by Gasteiger charge is -2.04. The van der Waals surface area contributed by atoms with E-state index >= 15 is 0 Å². The van der Waals surface area contributed by atoms with E-state index in [4.69, 9.17) is 16.9 Å². The van der Waals surface area contributed by atoms with Crippen LogP contribution in [0, 0.1) is 11.3 Å². The minimum atomic E-state index is 0.572. The molecule has 19 heavy (non-hydrogen) atoms. The molecule has 98 valence electrons. The van der Waals surface area contributed by atoms with Crippen LogP contribution in [0.5, 0.6) is 0 Å². The van der Waals surface area contributed by atoms with E-state index in [0.717, 1.165) is 28.7 Å². The maximum atomic E-state index is 8.49. The fraction of sp³-hybridized carbons (Fsp3) is 0.308. The number of benzene rings is 1. The molecule has 0 N–H and O–H groups in total. The lowest BCUT2D eigenvalue weighted by atomic mass is 10.2. The minimum absolute atomic E-state index is 0.572. The van der Waals surface area contributed by atoms with E-state index in [1.807, 2.05) is 35.9 Å². The predicted molar refractivity (Wildman–Crippen MR) is 77.0 cm³/mol. The summed E-state index contributed by atoms with van der Waals surface area (Å²) in [5.74, 6) is 1.62. The van der Waals surface area contributed by atoms with E-state index < -0.39 is 0 Å². The van der Waals surface area contributed by atoms with E-state index in [0.29, 0.717) is 11.4 Å². The van der Waals surface area contributed by atoms with Crippen LogP contribution in [-0.4, -0.2) is 20.5 Å². The zero-order valence-electron chi connectivity index (χ0n) is 10.5. The number of hydrogen-bond acceptors (Lipinski definition) is 4. The summed E-state index contributed by atoms with van der Waals surface area (Å²) in [6.45, 7) is 0. The summed E-state index contributed by atoms with van der Waals surface area (Å²) in [5, 5.41) is 18.4. The van der Waals surface area contributed by atoms with Crippen molar-refractivity contribution in [3.05, 3.63) is 29.3 Å². The van der Waals surface area contributed by atoms with Crippen molar-refractivity contribution in [1.29, 1.82) is 5.26 Å². The highest BCUT2D eigenvalue weighted by Gasteiger charge is 2.13. The Hall–Kier alpha value is -1.51. The summed E-state index contributed by atoms with van der Waals surface area (Å²) in [7, 11) is 1.92. The second-order valence-electron chi connectivity index (χ2n) is 3.96. The Morgan fingerprint density at radius 1 is 1.37 bits per heavy atom. The van der Waals surface area contributed by atoms with Gasteiger partial charge in [0, 0.05) is 24.8 Å². The first-order valence-corrected chi connectivity index (χ1v) is 7.24. The molecule has 0 amide bonds. The van der Waals surface area contributed by atoms with Crippen LogP contribution in [0.4, 0.5) is 0 Å². The predicted octanol–water partition coefficient (Wildman–Crippen LogP) is 3.53. The summed E-state index contributed by atoms with van der Waals surface area (Å²) in [6, 6.07) is 9.71. The fourth-order valence-corrected chi connectivity index (χ4v) is 2.70. The largest absolute Gasteiger partial charge is 0.305 e. The normalized spacial score (nSPS) is 10.4. The molecule has 6 heteroatoms. The van der Waals surface area contributed by atoms with E-state index in [1.165, 1.54) is 0 Å². The lowest BCUT2D eigenvalue weighted by molar-refractivity contribution is 0.792. The van der Waals surface area contributed by atoms with Crippen molar-refractivity contribution in [2.75, 3.05) is 5.75 Å². The van der Waals surface area contributed by atoms with Crippen molar-refractivity contribution in [2.45, 2.75) is 18.0 Å². The Labute approximate surface area is 121 Å². The molecule has 0 aliphatic heterocycles. The van der Waals surface area contributed by atoms with Gasteiger partial charge in [0.1, 0.15) is 0 Å². The standard InChI is InChI=1S/C13H13ClN4S/c1-18-12(10-6-2-3-7-11(10)14)16-17-13(18)19-9-5-4-8-15/h2-3,6-7H,4-5,9H2,1H3. The molecule has 2 rings (SSSR count). The molecule has 1 aromatic carbocycles. The molecule has 0 unspecified atom stereocenters. The Morgan fingerprint density at radius 2 is 2.16 bits per heavy atom. The van der Waals surface area contributed by atoms with Crippen molar-refractivity contribution in [2.24, 2.45) is 7.05 Å². The summed E-state index contributed by atoms with van der Waals surface area (Å²) >= 11 is 7.77. The zero-order valence-corrected chi connectivity index (χ0v) is 12.1. The van der Waals surface area contributed by atoms with E-state index in [-0.39, 0.29) is 0 Å². The number of unbranched alkanes of at least 4 members (excludes halogenated alkanes) is 1. The number of nitriles is 1. The van der Waals surface area contributed by atoms with Gasteiger partial charge in [0.15, 0.2) is 11.0 Å². The molecular formula is C13H13ClN4S. The highest BCUT2D eigenvalue weighted by molar-refractivity contribution is 7.99. The molecule has 0 bridgehead atoms. The van der Waals surface area contributed by atoms with Crippen LogP contribution in [0.3, 0.4) is 0 Å². The smallest absolute Gasteiger partial charge is 0.191 e. The van der Waals surface area contributed by atoms with Crippen molar-refractivity contribution >= 4 is 23.4 Å². The van der Waals surface area contributed by atoms with Crippen molar-refractivity contribution in [3.63, 3.8) is 0 Å². The summed E-state index contributed by atoms with van der Waals surface area (Å²) < 4.78 is 1.93. The SMILES string of the molecule is Cn1c(SCCCC#N)nnc1-c1ccccc1Cl. The van der Waals surface area contributed by atoms with Gasteiger partial charge in [-0.25, -0.2) is 0 Å². The summed E-state index contributed by atoms with van der Waals surface area (Å²) in [5.41, 5.74) is 0.878. The Bertz CT molecular complexity index is 603. The van der Waals surface area contributed by atoms with Gasteiger partial charge < -0.3 is 4.57 Å². The van der Waals surface area contributed by atoms with E-state index in [1.54, 1.807) is 11.8 Å². The maximum absolute atomic E-state index is 8.49. The molecule has 2 aromatic rings. The van der Waals surface area contributed by atoms with Crippen LogP contribution in [0.15, 0.2) is 29.4 Å². The van der Waals surface area contributed by atoms with Gasteiger partial charge in [-0.2, -0.15) is 5.26 Å². The monoisotopic (exact) mass is 292 g/mol. The van der Waals surface area contributed by atoms with Gasteiger partial charge in [-0.1, -0.05) is 35.5 Å². The van der Waals surface area contributed by atoms with Crippen molar-refractivity contribution < 1.29 is 0 Å². The third-order valence-electron chi connectivity index (χ3n) is 2.61. The molecule has 0 saturated carbocycles. The molecule has 4 nitrogen and oxygen atoms in total. The molecule has 1 heterocycles. The van der Waals surface area contributed by atoms with E-state index in [9.17, 15) is 0 Å². The number of hydrogen-bond donors (Lipinski definition) is 0. The summed E-state index contributed by atoms with van der Waals surface area (Å²) in [4.78, 5) is 0. The lowest BCUT2D eigenvalue weighted by Crippen LogP contribution is -1.95. The summed E-state index contributed by atoms with van der Waals surface area (Å²) in [6.07, 6.45) is 1.43. The number of aromatic nitrogens is 3. The molecule has 1 aromatic heterocycles. The third kappa shape index (κ3) is 3.28. The second-order valence-corrected chi connectivity index (χ2v) is 5.42. The van der Waals surface area contributed by atoms with Gasteiger partial charge in [-0.05, 0) is 18.6 Å². The molecule has 0 spiro atoms. The topological polar surface area (TPSA) is 54.5 Å². The molecular weight excluding hydrogens is 280 g/mol. The molecule has 0 aliphatic carbocycles. The number of nitrogens with zero attached hydrogens (tertiary/aromatic N) is 4. The molecule has 0 atom stereocenters. The van der Waals surface area contributed by atoms with Crippen LogP contribution >= 0.6 is 23.4 Å². The fourth-order valence-electron chi connectivity index (χ4n) is 1.63. The van der Waals surface area contributed by atoms with Crippen LogP contribution < -0.4 is 0 Å². The Morgan fingerprint density at radius 3 is 2.89 bits per heavy atom.